The summed E-state index contributed by atoms with van der Waals surface area (Å²) in [6.45, 7) is 0. The Labute approximate surface area is 96.7 Å². The van der Waals surface area contributed by atoms with E-state index >= 15 is 0 Å². The van der Waals surface area contributed by atoms with Gasteiger partial charge in [-0.05, 0) is 0 Å². The molecule has 0 spiro atoms. The van der Waals surface area contributed by atoms with Crippen molar-refractivity contribution in [3.63, 3.8) is 0 Å². The van der Waals surface area contributed by atoms with E-state index in [1.807, 2.05) is 0 Å². The Morgan fingerprint density at radius 1 is 0.900 bits per heavy atom. The summed E-state index contributed by atoms with van der Waals surface area (Å²) in [6.07, 6.45) is 0. The fourth-order valence-electron chi connectivity index (χ4n) is 0.627. The van der Waals surface area contributed by atoms with Crippen molar-refractivity contribution >= 4 is 68.4 Å². The van der Waals surface area contributed by atoms with E-state index in [4.69, 9.17) is 0 Å². The molecular formula is C6H5GeI3. The third-order valence-corrected chi connectivity index (χ3v) is 12.9. The molecule has 54 valence electrons. The number of rotatable bonds is 1. The Bertz CT molecular complexity index is 204. The van der Waals surface area contributed by atoms with Crippen molar-refractivity contribution in [1.82, 2.24) is 0 Å². The minimum atomic E-state index is -1.59. The molecule has 0 aliphatic rings. The predicted molar refractivity (Wildman–Crippen MR) is 73.9 cm³/mol. The summed E-state index contributed by atoms with van der Waals surface area (Å²) in [6, 6.07) is 10.8. The number of benzene rings is 1. The van der Waals surface area contributed by atoms with Crippen LogP contribution in [0.2, 0.25) is 0 Å². The van der Waals surface area contributed by atoms with Crippen LogP contribution in [0.3, 0.4) is 0 Å². The molecule has 0 unspecified atom stereocenters. The zero-order valence-electron chi connectivity index (χ0n) is 5.02. The fraction of sp³-hybridized carbons (Fsp3) is 0. The second-order valence-corrected chi connectivity index (χ2v) is 62.6. The van der Waals surface area contributed by atoms with Gasteiger partial charge in [0.05, 0.1) is 0 Å². The van der Waals surface area contributed by atoms with Crippen LogP contribution in [0.1, 0.15) is 0 Å². The Morgan fingerprint density at radius 2 is 1.40 bits per heavy atom. The summed E-state index contributed by atoms with van der Waals surface area (Å²) in [7, 11) is 0. The van der Waals surface area contributed by atoms with Gasteiger partial charge in [0.2, 0.25) is 0 Å². The SMILES string of the molecule is [I][Ge]([I])([I])[c]1ccccc1. The molecule has 0 aliphatic carbocycles. The second kappa shape index (κ2) is 4.26. The van der Waals surface area contributed by atoms with E-state index in [0.717, 1.165) is 0 Å². The molecule has 0 saturated carbocycles. The predicted octanol–water partition coefficient (Wildman–Crippen LogP) is 3.14. The van der Waals surface area contributed by atoms with Gasteiger partial charge in [0.1, 0.15) is 0 Å². The maximum atomic E-state index is 2.60. The third kappa shape index (κ3) is 3.13. The van der Waals surface area contributed by atoms with Crippen LogP contribution < -0.4 is 4.40 Å². The van der Waals surface area contributed by atoms with Crippen LogP contribution in [0.5, 0.6) is 0 Å². The molecule has 0 radical (unpaired) electrons. The summed E-state index contributed by atoms with van der Waals surface area (Å²) in [5, 5.41) is 0. The van der Waals surface area contributed by atoms with Gasteiger partial charge in [-0.2, -0.15) is 0 Å². The summed E-state index contributed by atoms with van der Waals surface area (Å²) in [5.74, 6) is 0. The van der Waals surface area contributed by atoms with Crippen LogP contribution in [-0.4, -0.2) is 3.34 Å². The van der Waals surface area contributed by atoms with Crippen molar-refractivity contribution in [3.8, 4) is 0 Å². The Balaban J connectivity index is 2.97. The third-order valence-electron chi connectivity index (χ3n) is 1.10. The first kappa shape index (κ1) is 10.0. The number of hydrogen-bond acceptors (Lipinski definition) is 0. The van der Waals surface area contributed by atoms with E-state index in [1.165, 1.54) is 0 Å². The summed E-state index contributed by atoms with van der Waals surface area (Å²) >= 11 is 7.81. The molecule has 0 fully saturated rings. The van der Waals surface area contributed by atoms with Crippen molar-refractivity contribution < 1.29 is 0 Å². The van der Waals surface area contributed by atoms with Crippen LogP contribution in [0.15, 0.2) is 30.3 Å². The maximum absolute atomic E-state index is 2.60. The molecule has 0 amide bonds. The Hall–Kier alpha value is 1.95. The van der Waals surface area contributed by atoms with Gasteiger partial charge >= 0.3 is 98.7 Å². The average Bonchev–Trinajstić information content (AvgIpc) is 1.88. The molecule has 1 aromatic rings. The van der Waals surface area contributed by atoms with Gasteiger partial charge in [-0.3, -0.25) is 0 Å². The van der Waals surface area contributed by atoms with E-state index in [2.05, 4.69) is 91.0 Å². The molecule has 0 nitrogen and oxygen atoms in total. The molecule has 0 bridgehead atoms. The van der Waals surface area contributed by atoms with Crippen LogP contribution in [0, 0.1) is 0 Å². The van der Waals surface area contributed by atoms with Gasteiger partial charge in [-0.15, -0.1) is 0 Å². The van der Waals surface area contributed by atoms with E-state index < -0.39 is 3.34 Å². The molecule has 0 heterocycles. The monoisotopic (exact) mass is 532 g/mol. The van der Waals surface area contributed by atoms with Crippen molar-refractivity contribution in [2.75, 3.05) is 0 Å². The number of halogens is 3. The van der Waals surface area contributed by atoms with Crippen LogP contribution >= 0.6 is 60.6 Å². The van der Waals surface area contributed by atoms with Crippen LogP contribution in [0.4, 0.5) is 0 Å². The topological polar surface area (TPSA) is 0 Å². The minimum absolute atomic E-state index is 1.55. The summed E-state index contributed by atoms with van der Waals surface area (Å²) in [5.41, 5.74) is 0. The van der Waals surface area contributed by atoms with Crippen LogP contribution in [-0.2, 0) is 0 Å². The van der Waals surface area contributed by atoms with Gasteiger partial charge in [-0.1, -0.05) is 0 Å². The first-order chi connectivity index (χ1) is 4.61. The molecule has 1 rings (SSSR count). The second-order valence-electron chi connectivity index (χ2n) is 1.86. The standard InChI is InChI=1S/C6H5GeI3/c8-7(9,10)6-4-2-1-3-5-6/h1-5H. The Kier molecular flexibility index (Phi) is 4.28. The first-order valence-electron chi connectivity index (χ1n) is 2.73. The van der Waals surface area contributed by atoms with Gasteiger partial charge in [0.25, 0.3) is 0 Å². The van der Waals surface area contributed by atoms with Gasteiger partial charge in [-0.25, -0.2) is 0 Å². The van der Waals surface area contributed by atoms with Crippen molar-refractivity contribution in [2.45, 2.75) is 0 Å². The molecule has 10 heavy (non-hydrogen) atoms. The molecule has 0 atom stereocenters. The molecular weight excluding hydrogens is 525 g/mol. The van der Waals surface area contributed by atoms with Gasteiger partial charge in [0.15, 0.2) is 0 Å². The Morgan fingerprint density at radius 3 is 1.70 bits per heavy atom. The van der Waals surface area contributed by atoms with E-state index in [1.54, 1.807) is 4.40 Å². The summed E-state index contributed by atoms with van der Waals surface area (Å²) in [4.78, 5) is 0. The van der Waals surface area contributed by atoms with Crippen LogP contribution in [0.25, 0.3) is 0 Å². The van der Waals surface area contributed by atoms with Crippen molar-refractivity contribution in [3.05, 3.63) is 30.3 Å². The van der Waals surface area contributed by atoms with Crippen molar-refractivity contribution in [2.24, 2.45) is 0 Å². The fourth-order valence-corrected chi connectivity index (χ4v) is 7.43. The van der Waals surface area contributed by atoms with Gasteiger partial charge < -0.3 is 0 Å². The quantitative estimate of drug-likeness (QED) is 0.387. The zero-order chi connectivity index (χ0) is 7.61. The van der Waals surface area contributed by atoms with Gasteiger partial charge in [0, 0.05) is 0 Å². The molecule has 1 aromatic carbocycles. The summed E-state index contributed by atoms with van der Waals surface area (Å²) < 4.78 is -0.0419. The molecule has 0 aromatic heterocycles. The first-order valence-corrected chi connectivity index (χ1v) is 23.0. The average molecular weight is 530 g/mol. The van der Waals surface area contributed by atoms with E-state index in [-0.39, 0.29) is 0 Å². The number of hydrogen-bond donors (Lipinski definition) is 0. The van der Waals surface area contributed by atoms with E-state index in [9.17, 15) is 0 Å². The van der Waals surface area contributed by atoms with Crippen molar-refractivity contribution in [1.29, 1.82) is 0 Å². The van der Waals surface area contributed by atoms with E-state index in [0.29, 0.717) is 0 Å². The molecule has 0 aliphatic heterocycles. The molecule has 0 N–H and O–H groups in total. The zero-order valence-corrected chi connectivity index (χ0v) is 13.6. The molecule has 4 heteroatoms. The normalized spacial score (nSPS) is 11.5. The molecule has 0 saturated heterocycles.